The van der Waals surface area contributed by atoms with Crippen molar-refractivity contribution in [3.8, 4) is 0 Å². The minimum Gasteiger partial charge on any atom is -0.338 e. The lowest BCUT2D eigenvalue weighted by Crippen LogP contribution is -2.35. The number of rotatable bonds is 5. The second-order valence-corrected chi connectivity index (χ2v) is 6.32. The van der Waals surface area contributed by atoms with Gasteiger partial charge >= 0.3 is 6.03 Å². The van der Waals surface area contributed by atoms with Gasteiger partial charge in [0.15, 0.2) is 0 Å². The number of amides is 2. The molecule has 2 heterocycles. The molecular weight excluding hydrogens is 332 g/mol. The third kappa shape index (κ3) is 5.63. The van der Waals surface area contributed by atoms with Crippen molar-refractivity contribution in [2.24, 2.45) is 5.92 Å². The summed E-state index contributed by atoms with van der Waals surface area (Å²) >= 11 is 3.31. The Bertz CT molecular complexity index is 443. The fraction of sp³-hybridized carbons (Fsp3) is 0.600. The fourth-order valence-electron chi connectivity index (χ4n) is 2.59. The Kier molecular flexibility index (Phi) is 6.45. The molecule has 1 aliphatic heterocycles. The summed E-state index contributed by atoms with van der Waals surface area (Å²) in [7, 11) is 0. The molecule has 5 nitrogen and oxygen atoms in total. The summed E-state index contributed by atoms with van der Waals surface area (Å²) in [5.74, 6) is 1.30. The molecule has 1 fully saturated rings. The summed E-state index contributed by atoms with van der Waals surface area (Å²) in [4.78, 5) is 18.3. The molecule has 2 rings (SSSR count). The highest BCUT2D eigenvalue weighted by molar-refractivity contribution is 9.10. The SMILES string of the molecule is CCN1CCC(CCNC(=O)Nc2ccc(Br)cn2)CC1. The predicted molar refractivity (Wildman–Crippen MR) is 88.4 cm³/mol. The van der Waals surface area contributed by atoms with Crippen LogP contribution in [0.1, 0.15) is 26.2 Å². The van der Waals surface area contributed by atoms with Crippen LogP contribution in [0.15, 0.2) is 22.8 Å². The Morgan fingerprint density at radius 1 is 1.43 bits per heavy atom. The van der Waals surface area contributed by atoms with Gasteiger partial charge in [0.05, 0.1) is 0 Å². The van der Waals surface area contributed by atoms with E-state index in [1.54, 1.807) is 12.3 Å². The van der Waals surface area contributed by atoms with Crippen molar-refractivity contribution < 1.29 is 4.79 Å². The maximum Gasteiger partial charge on any atom is 0.320 e. The first kappa shape index (κ1) is 16.2. The number of urea groups is 1. The Balaban J connectivity index is 1.62. The maximum atomic E-state index is 11.8. The number of aromatic nitrogens is 1. The van der Waals surface area contributed by atoms with E-state index in [0.717, 1.165) is 29.9 Å². The van der Waals surface area contributed by atoms with Crippen molar-refractivity contribution in [2.45, 2.75) is 26.2 Å². The van der Waals surface area contributed by atoms with Gasteiger partial charge in [-0.05, 0) is 72.9 Å². The number of halogens is 1. The molecule has 1 aliphatic rings. The lowest BCUT2D eigenvalue weighted by atomic mass is 9.93. The lowest BCUT2D eigenvalue weighted by Gasteiger charge is -2.30. The number of hydrogen-bond acceptors (Lipinski definition) is 3. The van der Waals surface area contributed by atoms with Crippen LogP contribution in [-0.4, -0.2) is 42.1 Å². The van der Waals surface area contributed by atoms with E-state index in [2.05, 4.69) is 43.4 Å². The highest BCUT2D eigenvalue weighted by Gasteiger charge is 2.17. The van der Waals surface area contributed by atoms with Gasteiger partial charge in [-0.15, -0.1) is 0 Å². The molecule has 6 heteroatoms. The number of anilines is 1. The van der Waals surface area contributed by atoms with E-state index in [1.165, 1.54) is 25.9 Å². The molecule has 1 saturated heterocycles. The molecule has 0 bridgehead atoms. The van der Waals surface area contributed by atoms with Crippen molar-refractivity contribution in [2.75, 3.05) is 31.5 Å². The summed E-state index contributed by atoms with van der Waals surface area (Å²) in [5, 5.41) is 5.64. The van der Waals surface area contributed by atoms with Crippen LogP contribution in [0, 0.1) is 5.92 Å². The Morgan fingerprint density at radius 3 is 2.81 bits per heavy atom. The number of nitrogens with zero attached hydrogens (tertiary/aromatic N) is 2. The summed E-state index contributed by atoms with van der Waals surface area (Å²) in [6.45, 7) is 6.46. The number of piperidine rings is 1. The van der Waals surface area contributed by atoms with Crippen molar-refractivity contribution in [3.05, 3.63) is 22.8 Å². The molecule has 0 aromatic carbocycles. The molecule has 116 valence electrons. The van der Waals surface area contributed by atoms with Crippen LogP contribution >= 0.6 is 15.9 Å². The molecule has 0 saturated carbocycles. The Labute approximate surface area is 134 Å². The van der Waals surface area contributed by atoms with Crippen LogP contribution in [0.2, 0.25) is 0 Å². The number of nitrogens with one attached hydrogen (secondary N) is 2. The van der Waals surface area contributed by atoms with Crippen LogP contribution in [-0.2, 0) is 0 Å². The first-order valence-electron chi connectivity index (χ1n) is 7.56. The minimum absolute atomic E-state index is 0.184. The third-order valence-electron chi connectivity index (χ3n) is 3.96. The second kappa shape index (κ2) is 8.34. The summed E-state index contributed by atoms with van der Waals surface area (Å²) in [6, 6.07) is 3.43. The van der Waals surface area contributed by atoms with Gasteiger partial charge in [0.1, 0.15) is 5.82 Å². The van der Waals surface area contributed by atoms with Gasteiger partial charge in [0.2, 0.25) is 0 Å². The van der Waals surface area contributed by atoms with Gasteiger partial charge in [-0.3, -0.25) is 5.32 Å². The monoisotopic (exact) mass is 354 g/mol. The topological polar surface area (TPSA) is 57.3 Å². The van der Waals surface area contributed by atoms with Gasteiger partial charge in [-0.2, -0.15) is 0 Å². The van der Waals surface area contributed by atoms with Crippen LogP contribution < -0.4 is 10.6 Å². The van der Waals surface area contributed by atoms with Crippen molar-refractivity contribution >= 4 is 27.8 Å². The van der Waals surface area contributed by atoms with Gasteiger partial charge < -0.3 is 10.2 Å². The maximum absolute atomic E-state index is 11.8. The van der Waals surface area contributed by atoms with Crippen LogP contribution in [0.3, 0.4) is 0 Å². The summed E-state index contributed by atoms with van der Waals surface area (Å²) in [5.41, 5.74) is 0. The van der Waals surface area contributed by atoms with Crippen molar-refractivity contribution in [1.29, 1.82) is 0 Å². The predicted octanol–water partition coefficient (Wildman–Crippen LogP) is 3.09. The van der Waals surface area contributed by atoms with E-state index >= 15 is 0 Å². The van der Waals surface area contributed by atoms with Crippen molar-refractivity contribution in [1.82, 2.24) is 15.2 Å². The van der Waals surface area contributed by atoms with E-state index in [0.29, 0.717) is 5.82 Å². The van der Waals surface area contributed by atoms with E-state index in [-0.39, 0.29) is 6.03 Å². The van der Waals surface area contributed by atoms with Gasteiger partial charge in [-0.25, -0.2) is 9.78 Å². The standard InChI is InChI=1S/C15H23BrN4O/c1-2-20-9-6-12(7-10-20)5-8-17-15(21)19-14-4-3-13(16)11-18-14/h3-4,11-12H,2,5-10H2,1H3,(H2,17,18,19,21). The average molecular weight is 355 g/mol. The molecule has 0 atom stereocenters. The zero-order chi connectivity index (χ0) is 15.1. The zero-order valence-corrected chi connectivity index (χ0v) is 14.0. The summed E-state index contributed by atoms with van der Waals surface area (Å²) < 4.78 is 0.895. The van der Waals surface area contributed by atoms with Gasteiger partial charge in [-0.1, -0.05) is 6.92 Å². The van der Waals surface area contributed by atoms with Crippen LogP contribution in [0.5, 0.6) is 0 Å². The molecular formula is C15H23BrN4O. The molecule has 2 N–H and O–H groups in total. The van der Waals surface area contributed by atoms with Crippen LogP contribution in [0.25, 0.3) is 0 Å². The summed E-state index contributed by atoms with van der Waals surface area (Å²) in [6.07, 6.45) is 5.20. The molecule has 0 spiro atoms. The first-order chi connectivity index (χ1) is 10.2. The third-order valence-corrected chi connectivity index (χ3v) is 4.43. The fourth-order valence-corrected chi connectivity index (χ4v) is 2.83. The highest BCUT2D eigenvalue weighted by atomic mass is 79.9. The number of carbonyl (C=O) groups is 1. The normalized spacial score (nSPS) is 16.7. The van der Waals surface area contributed by atoms with E-state index in [4.69, 9.17) is 0 Å². The highest BCUT2D eigenvalue weighted by Crippen LogP contribution is 2.19. The van der Waals surface area contributed by atoms with Gasteiger partial charge in [0, 0.05) is 17.2 Å². The number of hydrogen-bond donors (Lipinski definition) is 2. The lowest BCUT2D eigenvalue weighted by molar-refractivity contribution is 0.186. The van der Waals surface area contributed by atoms with Crippen LogP contribution in [0.4, 0.5) is 10.6 Å². The Morgan fingerprint density at radius 2 is 2.19 bits per heavy atom. The molecule has 2 amide bonds. The molecule has 1 aromatic rings. The zero-order valence-electron chi connectivity index (χ0n) is 12.4. The largest absolute Gasteiger partial charge is 0.338 e. The molecule has 0 unspecified atom stereocenters. The molecule has 0 radical (unpaired) electrons. The average Bonchev–Trinajstić information content (AvgIpc) is 2.50. The second-order valence-electron chi connectivity index (χ2n) is 5.41. The first-order valence-corrected chi connectivity index (χ1v) is 8.35. The number of pyridine rings is 1. The quantitative estimate of drug-likeness (QED) is 0.854. The molecule has 0 aliphatic carbocycles. The Hall–Kier alpha value is -1.14. The van der Waals surface area contributed by atoms with E-state index < -0.39 is 0 Å². The number of carbonyl (C=O) groups excluding carboxylic acids is 1. The minimum atomic E-state index is -0.184. The van der Waals surface area contributed by atoms with Gasteiger partial charge in [0.25, 0.3) is 0 Å². The molecule has 21 heavy (non-hydrogen) atoms. The van der Waals surface area contributed by atoms with E-state index in [9.17, 15) is 4.79 Å². The van der Waals surface area contributed by atoms with E-state index in [1.807, 2.05) is 6.07 Å². The molecule has 1 aromatic heterocycles. The smallest absolute Gasteiger partial charge is 0.320 e. The number of likely N-dealkylation sites (tertiary alicyclic amines) is 1. The van der Waals surface area contributed by atoms with Crippen molar-refractivity contribution in [3.63, 3.8) is 0 Å².